The summed E-state index contributed by atoms with van der Waals surface area (Å²) in [6.45, 7) is 3.06. The van der Waals surface area contributed by atoms with E-state index in [1.807, 2.05) is 12.3 Å². The van der Waals surface area contributed by atoms with Crippen molar-refractivity contribution < 1.29 is 4.42 Å². The topological polar surface area (TPSA) is 38.1 Å². The lowest BCUT2D eigenvalue weighted by atomic mass is 10.1. The van der Waals surface area contributed by atoms with Crippen LogP contribution < -0.4 is 5.32 Å². The maximum Gasteiger partial charge on any atom is 0.139 e. The molecule has 2 aromatic rings. The lowest BCUT2D eigenvalue weighted by molar-refractivity contribution is 0.444. The standard InChI is InChI=1S/C13H14Br2N2O/c1-2-4-17-12(13-11(15)3-5-18-13)9-6-10(14)8-16-7-9/h3,5-8,12,17H,2,4H2,1H3. The number of furan rings is 1. The molecule has 18 heavy (non-hydrogen) atoms. The molecule has 0 aliphatic carbocycles. The Kier molecular flexibility index (Phi) is 4.97. The van der Waals surface area contributed by atoms with Crippen LogP contribution >= 0.6 is 31.9 Å². The van der Waals surface area contributed by atoms with Crippen LogP contribution in [0, 0.1) is 0 Å². The number of nitrogens with zero attached hydrogens (tertiary/aromatic N) is 1. The van der Waals surface area contributed by atoms with E-state index in [1.54, 1.807) is 12.5 Å². The number of aromatic nitrogens is 1. The van der Waals surface area contributed by atoms with Gasteiger partial charge in [0.1, 0.15) is 5.76 Å². The maximum atomic E-state index is 5.57. The van der Waals surface area contributed by atoms with Gasteiger partial charge in [-0.15, -0.1) is 0 Å². The summed E-state index contributed by atoms with van der Waals surface area (Å²) in [5, 5.41) is 3.47. The van der Waals surface area contributed by atoms with Crippen molar-refractivity contribution in [2.45, 2.75) is 19.4 Å². The molecule has 0 aliphatic rings. The minimum atomic E-state index is 0.0133. The van der Waals surface area contributed by atoms with Gasteiger partial charge in [-0.25, -0.2) is 0 Å². The molecule has 3 nitrogen and oxygen atoms in total. The van der Waals surface area contributed by atoms with Crippen LogP contribution in [0.3, 0.4) is 0 Å². The number of nitrogens with one attached hydrogen (secondary N) is 1. The number of halogens is 2. The van der Waals surface area contributed by atoms with Gasteiger partial charge in [-0.3, -0.25) is 4.98 Å². The predicted octanol–water partition coefficient (Wildman–Crippen LogP) is 4.29. The minimum Gasteiger partial charge on any atom is -0.466 e. The van der Waals surface area contributed by atoms with Gasteiger partial charge in [0, 0.05) is 16.9 Å². The Labute approximate surface area is 123 Å². The zero-order valence-corrected chi connectivity index (χ0v) is 13.2. The van der Waals surface area contributed by atoms with E-state index in [4.69, 9.17) is 4.42 Å². The summed E-state index contributed by atoms with van der Waals surface area (Å²) >= 11 is 6.96. The molecule has 1 atom stereocenters. The molecule has 0 saturated carbocycles. The number of hydrogen-bond acceptors (Lipinski definition) is 3. The van der Waals surface area contributed by atoms with E-state index in [-0.39, 0.29) is 6.04 Å². The van der Waals surface area contributed by atoms with Crippen molar-refractivity contribution in [3.63, 3.8) is 0 Å². The Morgan fingerprint density at radius 3 is 2.83 bits per heavy atom. The molecular weight excluding hydrogens is 360 g/mol. The summed E-state index contributed by atoms with van der Waals surface area (Å²) in [6, 6.07) is 3.97. The van der Waals surface area contributed by atoms with Crippen LogP contribution in [0.5, 0.6) is 0 Å². The van der Waals surface area contributed by atoms with Gasteiger partial charge in [0.15, 0.2) is 0 Å². The SMILES string of the molecule is CCCNC(c1cncc(Br)c1)c1occc1Br. The Morgan fingerprint density at radius 1 is 1.39 bits per heavy atom. The first-order chi connectivity index (χ1) is 8.72. The first-order valence-electron chi connectivity index (χ1n) is 5.79. The number of hydrogen-bond donors (Lipinski definition) is 1. The van der Waals surface area contributed by atoms with Crippen LogP contribution in [0.15, 0.2) is 44.2 Å². The number of pyridine rings is 1. The lowest BCUT2D eigenvalue weighted by Gasteiger charge is -2.17. The van der Waals surface area contributed by atoms with Crippen molar-refractivity contribution in [3.8, 4) is 0 Å². The second-order valence-corrected chi connectivity index (χ2v) is 5.73. The first-order valence-corrected chi connectivity index (χ1v) is 7.37. The van der Waals surface area contributed by atoms with Crippen molar-refractivity contribution in [1.82, 2.24) is 10.3 Å². The Morgan fingerprint density at radius 2 is 2.22 bits per heavy atom. The summed E-state index contributed by atoms with van der Waals surface area (Å²) in [5.41, 5.74) is 1.08. The highest BCUT2D eigenvalue weighted by molar-refractivity contribution is 9.10. The molecule has 0 saturated heterocycles. The molecule has 5 heteroatoms. The molecule has 96 valence electrons. The molecule has 2 heterocycles. The van der Waals surface area contributed by atoms with Crippen LogP contribution in [0.25, 0.3) is 0 Å². The van der Waals surface area contributed by atoms with Crippen LogP contribution in [0.2, 0.25) is 0 Å². The fourth-order valence-corrected chi connectivity index (χ4v) is 2.56. The third-order valence-corrected chi connectivity index (χ3v) is 3.65. The summed E-state index contributed by atoms with van der Waals surface area (Å²) < 4.78 is 7.50. The van der Waals surface area contributed by atoms with Crippen LogP contribution in [0.1, 0.15) is 30.7 Å². The zero-order chi connectivity index (χ0) is 13.0. The number of rotatable bonds is 5. The van der Waals surface area contributed by atoms with Crippen molar-refractivity contribution in [2.24, 2.45) is 0 Å². The molecule has 0 spiro atoms. The fraction of sp³-hybridized carbons (Fsp3) is 0.308. The predicted molar refractivity (Wildman–Crippen MR) is 78.5 cm³/mol. The van der Waals surface area contributed by atoms with Crippen LogP contribution in [-0.2, 0) is 0 Å². The second-order valence-electron chi connectivity index (χ2n) is 3.96. The van der Waals surface area contributed by atoms with Crippen molar-refractivity contribution in [1.29, 1.82) is 0 Å². The summed E-state index contributed by atoms with van der Waals surface area (Å²) in [5.74, 6) is 0.878. The van der Waals surface area contributed by atoms with Gasteiger partial charge in [0.05, 0.1) is 16.8 Å². The maximum absolute atomic E-state index is 5.57. The van der Waals surface area contributed by atoms with Crippen LogP contribution in [0.4, 0.5) is 0 Å². The molecular formula is C13H14Br2N2O. The summed E-state index contributed by atoms with van der Waals surface area (Å²) in [6.07, 6.45) is 6.38. The van der Waals surface area contributed by atoms with E-state index in [2.05, 4.69) is 55.2 Å². The third-order valence-electron chi connectivity index (χ3n) is 2.56. The van der Waals surface area contributed by atoms with E-state index >= 15 is 0 Å². The first kappa shape index (κ1) is 13.8. The Balaban J connectivity index is 2.33. The molecule has 0 amide bonds. The normalized spacial score (nSPS) is 12.6. The Bertz CT molecular complexity index is 513. The second kappa shape index (κ2) is 6.50. The average molecular weight is 374 g/mol. The monoisotopic (exact) mass is 372 g/mol. The van der Waals surface area contributed by atoms with E-state index < -0.39 is 0 Å². The highest BCUT2D eigenvalue weighted by Gasteiger charge is 2.19. The van der Waals surface area contributed by atoms with Gasteiger partial charge in [0.2, 0.25) is 0 Å². The van der Waals surface area contributed by atoms with Gasteiger partial charge >= 0.3 is 0 Å². The third kappa shape index (κ3) is 3.22. The zero-order valence-electron chi connectivity index (χ0n) is 9.99. The Hall–Kier alpha value is -0.650. The lowest BCUT2D eigenvalue weighted by Crippen LogP contribution is -2.23. The minimum absolute atomic E-state index is 0.0133. The molecule has 2 rings (SSSR count). The van der Waals surface area contributed by atoms with Gasteiger partial charge in [0.25, 0.3) is 0 Å². The van der Waals surface area contributed by atoms with E-state index in [0.29, 0.717) is 0 Å². The van der Waals surface area contributed by atoms with Crippen molar-refractivity contribution in [3.05, 3.63) is 51.1 Å². The van der Waals surface area contributed by atoms with E-state index in [0.717, 1.165) is 33.2 Å². The van der Waals surface area contributed by atoms with Crippen LogP contribution in [-0.4, -0.2) is 11.5 Å². The molecule has 0 fully saturated rings. The van der Waals surface area contributed by atoms with E-state index in [1.165, 1.54) is 0 Å². The van der Waals surface area contributed by atoms with Crippen molar-refractivity contribution >= 4 is 31.9 Å². The smallest absolute Gasteiger partial charge is 0.139 e. The molecule has 0 bridgehead atoms. The molecule has 0 radical (unpaired) electrons. The summed E-state index contributed by atoms with van der Waals surface area (Å²) in [4.78, 5) is 4.21. The van der Waals surface area contributed by atoms with Gasteiger partial charge < -0.3 is 9.73 Å². The molecule has 1 N–H and O–H groups in total. The molecule has 0 aromatic carbocycles. The fourth-order valence-electron chi connectivity index (χ4n) is 1.75. The molecule has 1 unspecified atom stereocenters. The molecule has 0 aliphatic heterocycles. The van der Waals surface area contributed by atoms with E-state index in [9.17, 15) is 0 Å². The van der Waals surface area contributed by atoms with Crippen molar-refractivity contribution in [2.75, 3.05) is 6.54 Å². The average Bonchev–Trinajstić information content (AvgIpc) is 2.77. The van der Waals surface area contributed by atoms with Gasteiger partial charge in [-0.2, -0.15) is 0 Å². The highest BCUT2D eigenvalue weighted by Crippen LogP contribution is 2.30. The largest absolute Gasteiger partial charge is 0.466 e. The quantitative estimate of drug-likeness (QED) is 0.849. The highest BCUT2D eigenvalue weighted by atomic mass is 79.9. The molecule has 2 aromatic heterocycles. The van der Waals surface area contributed by atoms with Gasteiger partial charge in [-0.05, 0) is 62.5 Å². The summed E-state index contributed by atoms with van der Waals surface area (Å²) in [7, 11) is 0. The van der Waals surface area contributed by atoms with Gasteiger partial charge in [-0.1, -0.05) is 6.92 Å².